The van der Waals surface area contributed by atoms with Crippen molar-refractivity contribution in [2.45, 2.75) is 25.9 Å². The molecule has 20 heavy (non-hydrogen) atoms. The Morgan fingerprint density at radius 1 is 1.35 bits per heavy atom. The van der Waals surface area contributed by atoms with Crippen LogP contribution in [0, 0.1) is 5.92 Å². The van der Waals surface area contributed by atoms with Crippen molar-refractivity contribution in [3.63, 3.8) is 0 Å². The molecule has 1 fully saturated rings. The lowest BCUT2D eigenvalue weighted by Gasteiger charge is -2.00. The smallest absolute Gasteiger partial charge is 0.231 e. The highest BCUT2D eigenvalue weighted by Gasteiger charge is 2.31. The van der Waals surface area contributed by atoms with E-state index in [0.717, 1.165) is 40.2 Å². The van der Waals surface area contributed by atoms with Gasteiger partial charge in [-0.05, 0) is 30.5 Å². The van der Waals surface area contributed by atoms with E-state index in [-0.39, 0.29) is 0 Å². The van der Waals surface area contributed by atoms with Gasteiger partial charge >= 0.3 is 0 Å². The first-order chi connectivity index (χ1) is 9.79. The molecule has 1 saturated carbocycles. The minimum Gasteiger partial charge on any atom is -0.454 e. The van der Waals surface area contributed by atoms with E-state index >= 15 is 0 Å². The first kappa shape index (κ1) is 12.2. The number of ether oxygens (including phenoxy) is 2. The van der Waals surface area contributed by atoms with Gasteiger partial charge in [0.1, 0.15) is 5.01 Å². The summed E-state index contributed by atoms with van der Waals surface area (Å²) in [5.74, 6) is 2.45. The van der Waals surface area contributed by atoms with E-state index in [1.807, 2.05) is 18.2 Å². The Kier molecular flexibility index (Phi) is 2.89. The Morgan fingerprint density at radius 3 is 3.05 bits per heavy atom. The molecule has 1 aliphatic heterocycles. The molecule has 4 rings (SSSR count). The molecule has 0 radical (unpaired) electrons. The van der Waals surface area contributed by atoms with Crippen LogP contribution >= 0.6 is 11.3 Å². The minimum atomic E-state index is 0.311. The average molecular weight is 288 g/mol. The Labute approximate surface area is 121 Å². The summed E-state index contributed by atoms with van der Waals surface area (Å²) < 4.78 is 10.7. The molecule has 0 spiro atoms. The van der Waals surface area contributed by atoms with Crippen molar-refractivity contribution < 1.29 is 9.47 Å². The first-order valence-corrected chi connectivity index (χ1v) is 7.75. The lowest BCUT2D eigenvalue weighted by atomic mass is 10.2. The van der Waals surface area contributed by atoms with Crippen LogP contribution in [0.3, 0.4) is 0 Å². The van der Waals surface area contributed by atoms with Gasteiger partial charge in [-0.2, -0.15) is 0 Å². The molecular formula is C15H16N2O2S. The number of benzene rings is 1. The highest BCUT2D eigenvalue weighted by molar-refractivity contribution is 7.13. The van der Waals surface area contributed by atoms with Crippen molar-refractivity contribution in [3.8, 4) is 22.1 Å². The maximum atomic E-state index is 5.41. The molecule has 0 saturated heterocycles. The quantitative estimate of drug-likeness (QED) is 0.939. The van der Waals surface area contributed by atoms with Crippen LogP contribution in [-0.2, 0) is 6.54 Å². The number of nitrogens with one attached hydrogen (secondary N) is 1. The van der Waals surface area contributed by atoms with Gasteiger partial charge < -0.3 is 14.8 Å². The first-order valence-electron chi connectivity index (χ1n) is 6.87. The molecule has 1 aromatic carbocycles. The van der Waals surface area contributed by atoms with Gasteiger partial charge in [0.15, 0.2) is 11.5 Å². The third-order valence-corrected chi connectivity index (χ3v) is 4.77. The van der Waals surface area contributed by atoms with Crippen molar-refractivity contribution >= 4 is 11.3 Å². The number of rotatable bonds is 4. The number of hydrogen-bond acceptors (Lipinski definition) is 5. The Bertz CT molecular complexity index is 641. The van der Waals surface area contributed by atoms with Crippen molar-refractivity contribution in [2.24, 2.45) is 5.92 Å². The summed E-state index contributed by atoms with van der Waals surface area (Å²) in [7, 11) is 0. The van der Waals surface area contributed by atoms with E-state index in [2.05, 4.69) is 17.6 Å². The molecule has 5 heteroatoms. The van der Waals surface area contributed by atoms with Crippen LogP contribution in [-0.4, -0.2) is 17.8 Å². The molecule has 1 aromatic heterocycles. The van der Waals surface area contributed by atoms with Gasteiger partial charge in [-0.25, -0.2) is 4.98 Å². The molecule has 2 unspecified atom stereocenters. The van der Waals surface area contributed by atoms with Gasteiger partial charge in [-0.1, -0.05) is 6.92 Å². The summed E-state index contributed by atoms with van der Waals surface area (Å²) >= 11 is 1.67. The molecule has 0 amide bonds. The second-order valence-corrected chi connectivity index (χ2v) is 6.27. The highest BCUT2D eigenvalue weighted by Crippen LogP contribution is 2.36. The molecule has 2 aromatic rings. The predicted octanol–water partition coefficient (Wildman–Crippen LogP) is 3.04. The number of nitrogens with zero attached hydrogens (tertiary/aromatic N) is 1. The summed E-state index contributed by atoms with van der Waals surface area (Å²) in [6.45, 7) is 3.44. The second-order valence-electron chi connectivity index (χ2n) is 5.41. The topological polar surface area (TPSA) is 43.4 Å². The lowest BCUT2D eigenvalue weighted by Crippen LogP contribution is -2.17. The molecule has 1 N–H and O–H groups in total. The Morgan fingerprint density at radius 2 is 2.20 bits per heavy atom. The van der Waals surface area contributed by atoms with Crippen molar-refractivity contribution in [1.82, 2.24) is 10.3 Å². The number of aromatic nitrogens is 1. The maximum absolute atomic E-state index is 5.41. The summed E-state index contributed by atoms with van der Waals surface area (Å²) in [5.41, 5.74) is 2.20. The van der Waals surface area contributed by atoms with Gasteiger partial charge in [0, 0.05) is 23.5 Å². The normalized spacial score (nSPS) is 23.1. The SMILES string of the molecule is CC1CC1NCc1csc(-c2ccc3c(c2)OCO3)n1. The summed E-state index contributed by atoms with van der Waals surface area (Å²) in [6, 6.07) is 6.67. The van der Waals surface area contributed by atoms with E-state index < -0.39 is 0 Å². The summed E-state index contributed by atoms with van der Waals surface area (Å²) in [6.07, 6.45) is 1.29. The van der Waals surface area contributed by atoms with Gasteiger partial charge in [-0.3, -0.25) is 0 Å². The standard InChI is InChI=1S/C15H16N2O2S/c1-9-4-12(9)16-6-11-7-20-15(17-11)10-2-3-13-14(5-10)19-8-18-13/h2-3,5,7,9,12,16H,4,6,8H2,1H3. The summed E-state index contributed by atoms with van der Waals surface area (Å²) in [5, 5.41) is 6.68. The van der Waals surface area contributed by atoms with Gasteiger partial charge in [-0.15, -0.1) is 11.3 Å². The molecule has 2 heterocycles. The molecular weight excluding hydrogens is 272 g/mol. The minimum absolute atomic E-state index is 0.311. The van der Waals surface area contributed by atoms with Crippen LogP contribution in [0.15, 0.2) is 23.6 Å². The zero-order valence-corrected chi connectivity index (χ0v) is 12.1. The largest absolute Gasteiger partial charge is 0.454 e. The molecule has 1 aliphatic carbocycles. The maximum Gasteiger partial charge on any atom is 0.231 e. The van der Waals surface area contributed by atoms with E-state index in [1.165, 1.54) is 6.42 Å². The molecule has 2 atom stereocenters. The van der Waals surface area contributed by atoms with Crippen molar-refractivity contribution in [2.75, 3.05) is 6.79 Å². The fourth-order valence-electron chi connectivity index (χ4n) is 2.39. The average Bonchev–Trinajstić information content (AvgIpc) is 2.88. The van der Waals surface area contributed by atoms with Crippen LogP contribution in [0.1, 0.15) is 19.0 Å². The number of fused-ring (bicyclic) bond motifs is 1. The molecule has 104 valence electrons. The molecule has 2 aliphatic rings. The highest BCUT2D eigenvalue weighted by atomic mass is 32.1. The zero-order chi connectivity index (χ0) is 13.5. The number of hydrogen-bond donors (Lipinski definition) is 1. The van der Waals surface area contributed by atoms with Crippen molar-refractivity contribution in [3.05, 3.63) is 29.3 Å². The van der Waals surface area contributed by atoms with Crippen LogP contribution in [0.4, 0.5) is 0 Å². The lowest BCUT2D eigenvalue weighted by molar-refractivity contribution is 0.174. The second kappa shape index (κ2) is 4.75. The van der Waals surface area contributed by atoms with Crippen LogP contribution < -0.4 is 14.8 Å². The van der Waals surface area contributed by atoms with Crippen LogP contribution in [0.25, 0.3) is 10.6 Å². The zero-order valence-electron chi connectivity index (χ0n) is 11.3. The van der Waals surface area contributed by atoms with Crippen molar-refractivity contribution in [1.29, 1.82) is 0 Å². The van der Waals surface area contributed by atoms with E-state index in [4.69, 9.17) is 14.5 Å². The fourth-order valence-corrected chi connectivity index (χ4v) is 3.21. The monoisotopic (exact) mass is 288 g/mol. The Hall–Kier alpha value is -1.59. The third-order valence-electron chi connectivity index (χ3n) is 3.83. The fraction of sp³-hybridized carbons (Fsp3) is 0.400. The van der Waals surface area contributed by atoms with Crippen LogP contribution in [0.5, 0.6) is 11.5 Å². The summed E-state index contributed by atoms with van der Waals surface area (Å²) in [4.78, 5) is 4.69. The van der Waals surface area contributed by atoms with Crippen LogP contribution in [0.2, 0.25) is 0 Å². The predicted molar refractivity (Wildman–Crippen MR) is 78.1 cm³/mol. The van der Waals surface area contributed by atoms with E-state index in [0.29, 0.717) is 12.8 Å². The molecule has 0 bridgehead atoms. The van der Waals surface area contributed by atoms with Gasteiger partial charge in [0.05, 0.1) is 5.69 Å². The van der Waals surface area contributed by atoms with E-state index in [1.54, 1.807) is 11.3 Å². The molecule has 4 nitrogen and oxygen atoms in total. The Balaban J connectivity index is 1.49. The van der Waals surface area contributed by atoms with Gasteiger partial charge in [0.2, 0.25) is 6.79 Å². The number of thiazole rings is 1. The van der Waals surface area contributed by atoms with Gasteiger partial charge in [0.25, 0.3) is 0 Å². The van der Waals surface area contributed by atoms with E-state index in [9.17, 15) is 0 Å². The third kappa shape index (κ3) is 2.27.